The van der Waals surface area contributed by atoms with Crippen molar-refractivity contribution in [3.8, 4) is 5.75 Å². The molecule has 0 aliphatic carbocycles. The molecule has 1 atom stereocenters. The van der Waals surface area contributed by atoms with E-state index in [1.165, 1.54) is 12.1 Å². The molecular weight excluding hydrogens is 236 g/mol. The standard InChI is InChI=1S/C14H21F2NO/c1-5-10(4)18-14-12(15)6-11(7-13(14)16)8-17-9(2)3/h6-7,9-10,17H,5,8H2,1-4H3. The number of hydrogen-bond acceptors (Lipinski definition) is 2. The zero-order chi connectivity index (χ0) is 13.7. The van der Waals surface area contributed by atoms with Crippen LogP contribution in [0.3, 0.4) is 0 Å². The highest BCUT2D eigenvalue weighted by Gasteiger charge is 2.14. The maximum atomic E-state index is 13.7. The highest BCUT2D eigenvalue weighted by molar-refractivity contribution is 5.31. The van der Waals surface area contributed by atoms with Crippen molar-refractivity contribution in [2.24, 2.45) is 0 Å². The molecule has 0 fully saturated rings. The Balaban J connectivity index is 2.83. The molecule has 0 saturated carbocycles. The van der Waals surface area contributed by atoms with E-state index in [0.29, 0.717) is 18.5 Å². The van der Waals surface area contributed by atoms with E-state index >= 15 is 0 Å². The van der Waals surface area contributed by atoms with Gasteiger partial charge in [-0.05, 0) is 31.0 Å². The first-order valence-electron chi connectivity index (χ1n) is 6.32. The summed E-state index contributed by atoms with van der Waals surface area (Å²) >= 11 is 0. The molecule has 2 nitrogen and oxygen atoms in total. The number of hydrogen-bond donors (Lipinski definition) is 1. The number of rotatable bonds is 6. The van der Waals surface area contributed by atoms with Gasteiger partial charge in [-0.15, -0.1) is 0 Å². The van der Waals surface area contributed by atoms with Crippen molar-refractivity contribution >= 4 is 0 Å². The van der Waals surface area contributed by atoms with E-state index in [1.807, 2.05) is 20.8 Å². The van der Waals surface area contributed by atoms with Gasteiger partial charge in [0, 0.05) is 12.6 Å². The van der Waals surface area contributed by atoms with Crippen LogP contribution in [0.1, 0.15) is 39.7 Å². The van der Waals surface area contributed by atoms with Gasteiger partial charge in [-0.25, -0.2) is 8.78 Å². The van der Waals surface area contributed by atoms with E-state index in [2.05, 4.69) is 5.32 Å². The van der Waals surface area contributed by atoms with Gasteiger partial charge in [0.2, 0.25) is 0 Å². The maximum absolute atomic E-state index is 13.7. The van der Waals surface area contributed by atoms with Gasteiger partial charge >= 0.3 is 0 Å². The highest BCUT2D eigenvalue weighted by Crippen LogP contribution is 2.25. The minimum Gasteiger partial charge on any atom is -0.485 e. The zero-order valence-electron chi connectivity index (χ0n) is 11.4. The molecule has 0 bridgehead atoms. The third kappa shape index (κ3) is 4.26. The van der Waals surface area contributed by atoms with Gasteiger partial charge in [-0.2, -0.15) is 0 Å². The molecule has 1 unspecified atom stereocenters. The first-order valence-corrected chi connectivity index (χ1v) is 6.32. The molecule has 4 heteroatoms. The summed E-state index contributed by atoms with van der Waals surface area (Å²) < 4.78 is 32.7. The molecule has 1 aromatic rings. The molecule has 1 aromatic carbocycles. The maximum Gasteiger partial charge on any atom is 0.191 e. The van der Waals surface area contributed by atoms with Gasteiger partial charge < -0.3 is 10.1 Å². The lowest BCUT2D eigenvalue weighted by Gasteiger charge is -2.15. The second kappa shape index (κ2) is 6.69. The Labute approximate surface area is 107 Å². The average Bonchev–Trinajstić information content (AvgIpc) is 2.30. The van der Waals surface area contributed by atoms with Gasteiger partial charge in [0.15, 0.2) is 17.4 Å². The largest absolute Gasteiger partial charge is 0.485 e. The van der Waals surface area contributed by atoms with Gasteiger partial charge in [-0.3, -0.25) is 0 Å². The number of ether oxygens (including phenoxy) is 1. The van der Waals surface area contributed by atoms with Crippen LogP contribution in [-0.2, 0) is 6.54 Å². The van der Waals surface area contributed by atoms with Crippen molar-refractivity contribution in [2.45, 2.75) is 52.8 Å². The van der Waals surface area contributed by atoms with E-state index in [0.717, 1.165) is 0 Å². The highest BCUT2D eigenvalue weighted by atomic mass is 19.1. The molecule has 0 aliphatic rings. The van der Waals surface area contributed by atoms with Gasteiger partial charge in [-0.1, -0.05) is 20.8 Å². The van der Waals surface area contributed by atoms with Crippen molar-refractivity contribution in [3.05, 3.63) is 29.3 Å². The third-order valence-electron chi connectivity index (χ3n) is 2.67. The quantitative estimate of drug-likeness (QED) is 0.840. The predicted octanol–water partition coefficient (Wildman–Crippen LogP) is 3.64. The second-order valence-corrected chi connectivity index (χ2v) is 4.76. The summed E-state index contributed by atoms with van der Waals surface area (Å²) in [5, 5.41) is 3.11. The van der Waals surface area contributed by atoms with Crippen LogP contribution in [0, 0.1) is 11.6 Å². The summed E-state index contributed by atoms with van der Waals surface area (Å²) in [4.78, 5) is 0. The summed E-state index contributed by atoms with van der Waals surface area (Å²) in [6.45, 7) is 8.09. The monoisotopic (exact) mass is 257 g/mol. The third-order valence-corrected chi connectivity index (χ3v) is 2.67. The minimum absolute atomic E-state index is 0.200. The molecule has 0 spiro atoms. The lowest BCUT2D eigenvalue weighted by molar-refractivity contribution is 0.197. The van der Waals surface area contributed by atoms with E-state index in [4.69, 9.17) is 4.74 Å². The zero-order valence-corrected chi connectivity index (χ0v) is 11.4. The van der Waals surface area contributed by atoms with Crippen LogP contribution < -0.4 is 10.1 Å². The van der Waals surface area contributed by atoms with Crippen LogP contribution in [0.4, 0.5) is 8.78 Å². The molecule has 0 saturated heterocycles. The smallest absolute Gasteiger partial charge is 0.191 e. The van der Waals surface area contributed by atoms with Crippen molar-refractivity contribution < 1.29 is 13.5 Å². The summed E-state index contributed by atoms with van der Waals surface area (Å²) in [5.41, 5.74) is 0.579. The van der Waals surface area contributed by atoms with Gasteiger partial charge in [0.05, 0.1) is 6.10 Å². The number of nitrogens with one attached hydrogen (secondary N) is 1. The first kappa shape index (κ1) is 14.9. The van der Waals surface area contributed by atoms with Crippen LogP contribution in [0.15, 0.2) is 12.1 Å². The molecule has 0 aliphatic heterocycles. The first-order chi connectivity index (χ1) is 8.43. The molecule has 102 valence electrons. The van der Waals surface area contributed by atoms with E-state index < -0.39 is 11.6 Å². The molecule has 0 aromatic heterocycles. The Hall–Kier alpha value is -1.16. The van der Waals surface area contributed by atoms with Gasteiger partial charge in [0.25, 0.3) is 0 Å². The van der Waals surface area contributed by atoms with Crippen LogP contribution in [0.5, 0.6) is 5.75 Å². The molecule has 0 heterocycles. The fourth-order valence-corrected chi connectivity index (χ4v) is 1.43. The van der Waals surface area contributed by atoms with Crippen LogP contribution in [0.25, 0.3) is 0 Å². The molecule has 1 rings (SSSR count). The molecule has 1 N–H and O–H groups in total. The summed E-state index contributed by atoms with van der Waals surface area (Å²) in [5.74, 6) is -1.57. The van der Waals surface area contributed by atoms with Gasteiger partial charge in [0.1, 0.15) is 0 Å². The van der Waals surface area contributed by atoms with Crippen molar-refractivity contribution in [1.29, 1.82) is 0 Å². The van der Waals surface area contributed by atoms with Crippen molar-refractivity contribution in [3.63, 3.8) is 0 Å². The Bertz CT molecular complexity index is 370. The molecule has 0 amide bonds. The predicted molar refractivity (Wildman–Crippen MR) is 68.7 cm³/mol. The minimum atomic E-state index is -0.643. The fourth-order valence-electron chi connectivity index (χ4n) is 1.43. The summed E-state index contributed by atoms with van der Waals surface area (Å²) in [6, 6.07) is 2.90. The second-order valence-electron chi connectivity index (χ2n) is 4.76. The normalized spacial score (nSPS) is 12.8. The van der Waals surface area contributed by atoms with E-state index in [9.17, 15) is 8.78 Å². The van der Waals surface area contributed by atoms with Crippen LogP contribution >= 0.6 is 0 Å². The topological polar surface area (TPSA) is 21.3 Å². The summed E-state index contributed by atoms with van der Waals surface area (Å²) in [7, 11) is 0. The Morgan fingerprint density at radius 3 is 2.17 bits per heavy atom. The van der Waals surface area contributed by atoms with Crippen LogP contribution in [0.2, 0.25) is 0 Å². The van der Waals surface area contributed by atoms with E-state index in [1.54, 1.807) is 6.92 Å². The number of benzene rings is 1. The number of halogens is 2. The Morgan fingerprint density at radius 1 is 1.17 bits per heavy atom. The van der Waals surface area contributed by atoms with E-state index in [-0.39, 0.29) is 17.9 Å². The lowest BCUT2D eigenvalue weighted by atomic mass is 10.2. The summed E-state index contributed by atoms with van der Waals surface area (Å²) in [6.07, 6.45) is 0.504. The fraction of sp³-hybridized carbons (Fsp3) is 0.571. The lowest BCUT2D eigenvalue weighted by Crippen LogP contribution is -2.22. The van der Waals surface area contributed by atoms with Crippen molar-refractivity contribution in [1.82, 2.24) is 5.32 Å². The SMILES string of the molecule is CCC(C)Oc1c(F)cc(CNC(C)C)cc1F. The molecular formula is C14H21F2NO. The Kier molecular flexibility index (Phi) is 5.54. The molecule has 18 heavy (non-hydrogen) atoms. The average molecular weight is 257 g/mol. The van der Waals surface area contributed by atoms with Crippen molar-refractivity contribution in [2.75, 3.05) is 0 Å². The van der Waals surface area contributed by atoms with Crippen LogP contribution in [-0.4, -0.2) is 12.1 Å². The Morgan fingerprint density at radius 2 is 1.72 bits per heavy atom. The molecule has 0 radical (unpaired) electrons.